The Morgan fingerprint density at radius 1 is 1.60 bits per heavy atom. The van der Waals surface area contributed by atoms with Gasteiger partial charge in [-0.05, 0) is 37.6 Å². The third-order valence-corrected chi connectivity index (χ3v) is 4.19. The van der Waals surface area contributed by atoms with Gasteiger partial charge in [-0.25, -0.2) is 0 Å². The quantitative estimate of drug-likeness (QED) is 0.777. The van der Waals surface area contributed by atoms with Crippen LogP contribution in [0.5, 0.6) is 0 Å². The Morgan fingerprint density at radius 3 is 2.87 bits per heavy atom. The van der Waals surface area contributed by atoms with Gasteiger partial charge in [0.1, 0.15) is 6.10 Å². The molecular weight excluding hydrogens is 204 g/mol. The number of hydrogen-bond donors (Lipinski definition) is 1. The Bertz CT molecular complexity index is 365. The van der Waals surface area contributed by atoms with Crippen LogP contribution in [0.25, 0.3) is 0 Å². The average Bonchev–Trinajstić information content (AvgIpc) is 2.63. The van der Waals surface area contributed by atoms with Gasteiger partial charge in [0.25, 0.3) is 0 Å². The second-order valence-corrected chi connectivity index (χ2v) is 5.30. The highest BCUT2D eigenvalue weighted by atomic mass is 32.1. The Kier molecular flexibility index (Phi) is 3.14. The number of rotatable bonds is 3. The van der Waals surface area contributed by atoms with E-state index in [0.717, 1.165) is 19.3 Å². The molecule has 1 fully saturated rings. The van der Waals surface area contributed by atoms with Gasteiger partial charge in [-0.1, -0.05) is 18.4 Å². The predicted octanol–water partition coefficient (Wildman–Crippen LogP) is 2.85. The van der Waals surface area contributed by atoms with Crippen LogP contribution in [-0.2, 0) is 6.42 Å². The molecular formula is C13H16OS. The second-order valence-electron chi connectivity index (χ2n) is 4.27. The molecule has 1 saturated carbocycles. The number of aliphatic hydroxyl groups is 1. The minimum absolute atomic E-state index is 0.0495. The van der Waals surface area contributed by atoms with E-state index in [1.54, 1.807) is 18.3 Å². The Hall–Kier alpha value is -0.780. The van der Waals surface area contributed by atoms with Crippen LogP contribution in [0.2, 0.25) is 0 Å². The summed E-state index contributed by atoms with van der Waals surface area (Å²) in [6.45, 7) is 1.79. The normalized spacial score (nSPS) is 19.9. The molecule has 0 aliphatic heterocycles. The summed E-state index contributed by atoms with van der Waals surface area (Å²) in [7, 11) is 0. The van der Waals surface area contributed by atoms with Crippen LogP contribution in [0.15, 0.2) is 17.5 Å². The van der Waals surface area contributed by atoms with Crippen molar-refractivity contribution in [2.45, 2.75) is 38.7 Å². The topological polar surface area (TPSA) is 20.2 Å². The second kappa shape index (κ2) is 4.38. The summed E-state index contributed by atoms with van der Waals surface area (Å²) in [5.74, 6) is 5.74. The highest BCUT2D eigenvalue weighted by molar-refractivity contribution is 7.09. The van der Waals surface area contributed by atoms with E-state index in [9.17, 15) is 5.11 Å². The van der Waals surface area contributed by atoms with Gasteiger partial charge in [-0.15, -0.1) is 17.3 Å². The first-order valence-corrected chi connectivity index (χ1v) is 6.27. The molecule has 0 amide bonds. The first kappa shape index (κ1) is 10.7. The molecule has 0 bridgehead atoms. The largest absolute Gasteiger partial charge is 0.380 e. The zero-order valence-electron chi connectivity index (χ0n) is 8.99. The van der Waals surface area contributed by atoms with E-state index in [4.69, 9.17) is 0 Å². The lowest BCUT2D eigenvalue weighted by molar-refractivity contribution is 0.00161. The summed E-state index contributed by atoms with van der Waals surface area (Å²) in [5.41, 5.74) is 0.0495. The molecule has 15 heavy (non-hydrogen) atoms. The van der Waals surface area contributed by atoms with Crippen molar-refractivity contribution >= 4 is 11.3 Å². The maximum atomic E-state index is 10.0. The van der Waals surface area contributed by atoms with Crippen molar-refractivity contribution < 1.29 is 5.11 Å². The van der Waals surface area contributed by atoms with Crippen molar-refractivity contribution in [2.75, 3.05) is 0 Å². The Labute approximate surface area is 95.1 Å². The van der Waals surface area contributed by atoms with Gasteiger partial charge in [-0.2, -0.15) is 0 Å². The lowest BCUT2D eigenvalue weighted by Gasteiger charge is -2.43. The van der Waals surface area contributed by atoms with Crippen molar-refractivity contribution in [2.24, 2.45) is 5.41 Å². The van der Waals surface area contributed by atoms with E-state index in [1.807, 2.05) is 0 Å². The summed E-state index contributed by atoms with van der Waals surface area (Å²) < 4.78 is 0. The van der Waals surface area contributed by atoms with Crippen molar-refractivity contribution in [3.8, 4) is 11.8 Å². The van der Waals surface area contributed by atoms with E-state index in [-0.39, 0.29) is 5.41 Å². The van der Waals surface area contributed by atoms with E-state index in [2.05, 4.69) is 29.4 Å². The Balaban J connectivity index is 2.10. The number of aliphatic hydroxyl groups excluding tert-OH is 1. The van der Waals surface area contributed by atoms with Gasteiger partial charge in [0.15, 0.2) is 0 Å². The molecule has 1 heterocycles. The van der Waals surface area contributed by atoms with Crippen molar-refractivity contribution in [3.05, 3.63) is 22.4 Å². The van der Waals surface area contributed by atoms with Crippen LogP contribution in [0, 0.1) is 17.3 Å². The molecule has 0 unspecified atom stereocenters. The third kappa shape index (κ3) is 2.09. The van der Waals surface area contributed by atoms with Crippen LogP contribution in [0.3, 0.4) is 0 Å². The summed E-state index contributed by atoms with van der Waals surface area (Å²) in [6, 6.07) is 4.22. The minimum atomic E-state index is -0.446. The fourth-order valence-electron chi connectivity index (χ4n) is 2.23. The number of hydrogen-bond acceptors (Lipinski definition) is 2. The molecule has 0 aromatic carbocycles. The lowest BCUT2D eigenvalue weighted by Crippen LogP contribution is -2.42. The molecule has 1 aromatic heterocycles. The summed E-state index contributed by atoms with van der Waals surface area (Å²) >= 11 is 1.78. The summed E-state index contributed by atoms with van der Waals surface area (Å²) in [5, 5.41) is 12.1. The van der Waals surface area contributed by atoms with Crippen molar-refractivity contribution in [3.63, 3.8) is 0 Å². The van der Waals surface area contributed by atoms with Crippen LogP contribution in [-0.4, -0.2) is 11.2 Å². The molecule has 2 rings (SSSR count). The molecule has 1 atom stereocenters. The van der Waals surface area contributed by atoms with Gasteiger partial charge in [0, 0.05) is 10.3 Å². The van der Waals surface area contributed by atoms with Crippen LogP contribution < -0.4 is 0 Å². The third-order valence-electron chi connectivity index (χ3n) is 3.32. The fraction of sp³-hybridized carbons (Fsp3) is 0.538. The molecule has 1 aromatic rings. The SMILES string of the molecule is CC#C[C@H](O)C1(Cc2cccs2)CCC1. The molecule has 0 saturated heterocycles. The van der Waals surface area contributed by atoms with Crippen molar-refractivity contribution in [1.29, 1.82) is 0 Å². The smallest absolute Gasteiger partial charge is 0.120 e. The molecule has 0 radical (unpaired) electrons. The van der Waals surface area contributed by atoms with E-state index in [0.29, 0.717) is 0 Å². The molecule has 0 spiro atoms. The first-order valence-electron chi connectivity index (χ1n) is 5.39. The first-order chi connectivity index (χ1) is 7.27. The molecule has 80 valence electrons. The number of thiophene rings is 1. The zero-order valence-corrected chi connectivity index (χ0v) is 9.81. The van der Waals surface area contributed by atoms with Gasteiger partial charge < -0.3 is 5.11 Å². The van der Waals surface area contributed by atoms with Gasteiger partial charge in [0.2, 0.25) is 0 Å². The van der Waals surface area contributed by atoms with Crippen molar-refractivity contribution in [1.82, 2.24) is 0 Å². The molecule has 1 aliphatic carbocycles. The van der Waals surface area contributed by atoms with Gasteiger partial charge >= 0.3 is 0 Å². The van der Waals surface area contributed by atoms with Gasteiger partial charge in [-0.3, -0.25) is 0 Å². The van der Waals surface area contributed by atoms with E-state index in [1.165, 1.54) is 11.3 Å². The fourth-order valence-corrected chi connectivity index (χ4v) is 3.09. The highest BCUT2D eigenvalue weighted by Gasteiger charge is 2.42. The van der Waals surface area contributed by atoms with E-state index < -0.39 is 6.10 Å². The monoisotopic (exact) mass is 220 g/mol. The Morgan fingerprint density at radius 2 is 2.40 bits per heavy atom. The van der Waals surface area contributed by atoms with Gasteiger partial charge in [0.05, 0.1) is 0 Å². The predicted molar refractivity (Wildman–Crippen MR) is 63.8 cm³/mol. The molecule has 2 heteroatoms. The van der Waals surface area contributed by atoms with Crippen LogP contribution >= 0.6 is 11.3 Å². The molecule has 1 N–H and O–H groups in total. The standard InChI is InChI=1S/C13H16OS/c1-2-5-12(14)13(7-4-8-13)10-11-6-3-9-15-11/h3,6,9,12,14H,4,7-8,10H2,1H3/t12-/m0/s1. The summed E-state index contributed by atoms with van der Waals surface area (Å²) in [4.78, 5) is 1.37. The highest BCUT2D eigenvalue weighted by Crippen LogP contribution is 2.47. The molecule has 1 nitrogen and oxygen atoms in total. The minimum Gasteiger partial charge on any atom is -0.380 e. The maximum Gasteiger partial charge on any atom is 0.120 e. The average molecular weight is 220 g/mol. The van der Waals surface area contributed by atoms with E-state index >= 15 is 0 Å². The van der Waals surface area contributed by atoms with Crippen LogP contribution in [0.1, 0.15) is 31.1 Å². The summed E-state index contributed by atoms with van der Waals surface area (Å²) in [6.07, 6.45) is 3.99. The lowest BCUT2D eigenvalue weighted by atomic mass is 9.63. The zero-order chi connectivity index (χ0) is 10.7. The molecule has 1 aliphatic rings. The maximum absolute atomic E-state index is 10.0. The van der Waals surface area contributed by atoms with Crippen LogP contribution in [0.4, 0.5) is 0 Å².